The normalized spacial score (nSPS) is 11.6. The molecule has 0 radical (unpaired) electrons. The Bertz CT molecular complexity index is 1700. The number of nitrogens with zero attached hydrogens (tertiary/aromatic N) is 1. The lowest BCUT2D eigenvalue weighted by Crippen LogP contribution is -2.77. The monoisotopic (exact) mass is 671 g/mol. The summed E-state index contributed by atoms with van der Waals surface area (Å²) in [6.45, 7) is 0. The molecule has 0 amide bonds. The second-order valence-electron chi connectivity index (χ2n) is 11.8. The van der Waals surface area contributed by atoms with Gasteiger partial charge < -0.3 is 4.57 Å². The number of rotatable bonds is 12. The summed E-state index contributed by atoms with van der Waals surface area (Å²) >= 11 is 0. The molecule has 0 unspecified atom stereocenters. The van der Waals surface area contributed by atoms with E-state index in [1.54, 1.807) is 0 Å². The van der Waals surface area contributed by atoms with E-state index in [2.05, 4.69) is 217 Å². The van der Waals surface area contributed by atoms with Crippen molar-refractivity contribution in [3.8, 4) is 0 Å². The summed E-state index contributed by atoms with van der Waals surface area (Å²) in [4.78, 5) is 0. The van der Waals surface area contributed by atoms with E-state index in [0.29, 0.717) is 0 Å². The molecule has 234 valence electrons. The molecule has 7 rings (SSSR count). The van der Waals surface area contributed by atoms with E-state index < -0.39 is 24.1 Å². The summed E-state index contributed by atoms with van der Waals surface area (Å²) in [5, 5.41) is 9.86. The third-order valence-electron chi connectivity index (χ3n) is 8.94. The van der Waals surface area contributed by atoms with E-state index in [0.717, 1.165) is 12.6 Å². The zero-order valence-corrected chi connectivity index (χ0v) is 29.8. The summed E-state index contributed by atoms with van der Waals surface area (Å²) in [6.07, 6.45) is 1.87. The standard InChI is InChI=1S/C44H39NP2Si/c1-8-22-38(23-9-1)46(39-24-10-2-11-25-39)36-45(37-47(40-26-12-3-13-27-40)41-28-14-4-15-29-41)48(42-30-16-5-17-31-42,43-32-18-6-19-33-43)44-34-20-7-21-35-44/h1-35H,36-37H2. The molecular weight excluding hydrogens is 633 g/mol. The van der Waals surface area contributed by atoms with Crippen molar-refractivity contribution >= 4 is 60.9 Å². The maximum Gasteiger partial charge on any atom is 0.225 e. The zero-order valence-electron chi connectivity index (χ0n) is 27.0. The first-order valence-corrected chi connectivity index (χ1v) is 21.5. The molecule has 0 saturated carbocycles. The molecule has 0 spiro atoms. The number of hydrogen-bond donors (Lipinski definition) is 0. The predicted octanol–water partition coefficient (Wildman–Crippen LogP) is 7.14. The Morgan fingerprint density at radius 1 is 0.292 bits per heavy atom. The number of hydrogen-bond acceptors (Lipinski definition) is 1. The zero-order chi connectivity index (χ0) is 32.4. The van der Waals surface area contributed by atoms with Gasteiger partial charge in [-0.3, -0.25) is 0 Å². The van der Waals surface area contributed by atoms with Crippen molar-refractivity contribution in [1.29, 1.82) is 0 Å². The summed E-state index contributed by atoms with van der Waals surface area (Å²) in [6, 6.07) is 79.1. The second-order valence-corrected chi connectivity index (χ2v) is 20.0. The van der Waals surface area contributed by atoms with Crippen LogP contribution in [0, 0.1) is 0 Å². The first kappa shape index (κ1) is 32.1. The molecule has 0 aromatic heterocycles. The minimum atomic E-state index is -2.84. The van der Waals surface area contributed by atoms with Crippen LogP contribution in [-0.4, -0.2) is 25.4 Å². The molecule has 48 heavy (non-hydrogen) atoms. The van der Waals surface area contributed by atoms with Gasteiger partial charge in [-0.25, -0.2) is 0 Å². The van der Waals surface area contributed by atoms with Crippen molar-refractivity contribution in [3.63, 3.8) is 0 Å². The first-order chi connectivity index (χ1) is 23.8. The summed E-state index contributed by atoms with van der Waals surface area (Å²) in [7, 11) is -4.29. The molecule has 0 aliphatic rings. The van der Waals surface area contributed by atoms with E-state index in [1.807, 2.05) is 0 Å². The van der Waals surface area contributed by atoms with Crippen LogP contribution in [0.1, 0.15) is 0 Å². The van der Waals surface area contributed by atoms with Crippen LogP contribution >= 0.6 is 15.8 Å². The predicted molar refractivity (Wildman–Crippen MR) is 214 cm³/mol. The molecule has 0 aliphatic heterocycles. The average Bonchev–Trinajstić information content (AvgIpc) is 3.18. The topological polar surface area (TPSA) is 3.24 Å². The Hall–Kier alpha value is -4.42. The molecule has 0 aliphatic carbocycles. The molecule has 1 nitrogen and oxygen atoms in total. The van der Waals surface area contributed by atoms with Gasteiger partial charge in [0.1, 0.15) is 0 Å². The third-order valence-corrected chi connectivity index (χ3v) is 19.2. The van der Waals surface area contributed by atoms with Gasteiger partial charge in [0, 0.05) is 12.6 Å². The first-order valence-electron chi connectivity index (χ1n) is 16.5. The van der Waals surface area contributed by atoms with Crippen molar-refractivity contribution in [3.05, 3.63) is 212 Å². The summed E-state index contributed by atoms with van der Waals surface area (Å²) in [5.74, 6) is 0. The van der Waals surface area contributed by atoms with Crippen LogP contribution in [0.5, 0.6) is 0 Å². The van der Waals surface area contributed by atoms with E-state index >= 15 is 0 Å². The van der Waals surface area contributed by atoms with Crippen molar-refractivity contribution in [1.82, 2.24) is 4.57 Å². The maximum atomic E-state index is 2.98. The van der Waals surface area contributed by atoms with Gasteiger partial charge in [0.2, 0.25) is 8.24 Å². The van der Waals surface area contributed by atoms with Crippen LogP contribution in [0.4, 0.5) is 0 Å². The molecule has 4 heteroatoms. The molecule has 0 N–H and O–H groups in total. The summed E-state index contributed by atoms with van der Waals surface area (Å²) < 4.78 is 2.98. The Morgan fingerprint density at radius 3 is 0.729 bits per heavy atom. The van der Waals surface area contributed by atoms with Crippen molar-refractivity contribution in [2.24, 2.45) is 0 Å². The summed E-state index contributed by atoms with van der Waals surface area (Å²) in [5.41, 5.74) is 0. The lowest BCUT2D eigenvalue weighted by Gasteiger charge is -2.46. The van der Waals surface area contributed by atoms with E-state index in [1.165, 1.54) is 36.8 Å². The highest BCUT2D eigenvalue weighted by atomic mass is 31.1. The molecule has 0 fully saturated rings. The van der Waals surface area contributed by atoms with Gasteiger partial charge in [-0.15, -0.1) is 0 Å². The average molecular weight is 672 g/mol. The van der Waals surface area contributed by atoms with Crippen LogP contribution < -0.4 is 36.8 Å². The molecule has 0 bridgehead atoms. The van der Waals surface area contributed by atoms with E-state index in [9.17, 15) is 0 Å². The van der Waals surface area contributed by atoms with Crippen LogP contribution in [-0.2, 0) is 0 Å². The van der Waals surface area contributed by atoms with E-state index in [4.69, 9.17) is 0 Å². The fourth-order valence-electron chi connectivity index (χ4n) is 6.74. The third kappa shape index (κ3) is 6.90. The largest absolute Gasteiger partial charge is 0.304 e. The van der Waals surface area contributed by atoms with Gasteiger partial charge in [0.25, 0.3) is 0 Å². The molecule has 7 aromatic rings. The fraction of sp³-hybridized carbons (Fsp3) is 0.0455. The minimum absolute atomic E-state index is 0.723. The molecule has 0 heterocycles. The van der Waals surface area contributed by atoms with Crippen molar-refractivity contribution in [2.45, 2.75) is 0 Å². The highest BCUT2D eigenvalue weighted by Crippen LogP contribution is 2.41. The Labute approximate surface area is 289 Å². The maximum absolute atomic E-state index is 2.98. The Morgan fingerprint density at radius 2 is 0.500 bits per heavy atom. The lowest BCUT2D eigenvalue weighted by molar-refractivity contribution is 0.591. The quantitative estimate of drug-likeness (QED) is 0.0759. The van der Waals surface area contributed by atoms with Gasteiger partial charge in [0.05, 0.1) is 0 Å². The van der Waals surface area contributed by atoms with Crippen LogP contribution in [0.2, 0.25) is 0 Å². The molecular formula is C44H39NP2Si. The molecule has 0 saturated heterocycles. The molecule has 0 atom stereocenters. The second kappa shape index (κ2) is 15.7. The van der Waals surface area contributed by atoms with Crippen LogP contribution in [0.15, 0.2) is 212 Å². The fourth-order valence-corrected chi connectivity index (χ4v) is 17.8. The Balaban J connectivity index is 1.52. The van der Waals surface area contributed by atoms with E-state index in [-0.39, 0.29) is 0 Å². The van der Waals surface area contributed by atoms with Gasteiger partial charge >= 0.3 is 0 Å². The highest BCUT2D eigenvalue weighted by Gasteiger charge is 2.47. The lowest BCUT2D eigenvalue weighted by atomic mass is 10.3. The SMILES string of the molecule is c1ccc(P(CN(CP(c2ccccc2)c2ccccc2)[Si](c2ccccc2)(c2ccccc2)c2ccccc2)c2ccccc2)cc1. The van der Waals surface area contributed by atoms with Gasteiger partial charge in [-0.1, -0.05) is 212 Å². The van der Waals surface area contributed by atoms with Gasteiger partial charge in [0.15, 0.2) is 0 Å². The van der Waals surface area contributed by atoms with Gasteiger partial charge in [-0.2, -0.15) is 0 Å². The number of benzene rings is 7. The smallest absolute Gasteiger partial charge is 0.225 e. The Kier molecular flexibility index (Phi) is 10.5. The minimum Gasteiger partial charge on any atom is -0.304 e. The molecule has 7 aromatic carbocycles. The van der Waals surface area contributed by atoms with Gasteiger partial charge in [-0.05, 0) is 52.6 Å². The van der Waals surface area contributed by atoms with Crippen molar-refractivity contribution < 1.29 is 0 Å². The highest BCUT2D eigenvalue weighted by molar-refractivity contribution is 7.74. The van der Waals surface area contributed by atoms with Crippen LogP contribution in [0.25, 0.3) is 0 Å². The van der Waals surface area contributed by atoms with Crippen LogP contribution in [0.3, 0.4) is 0 Å². The van der Waals surface area contributed by atoms with Crippen molar-refractivity contribution in [2.75, 3.05) is 12.6 Å².